The van der Waals surface area contributed by atoms with Gasteiger partial charge < -0.3 is 15.7 Å². The van der Waals surface area contributed by atoms with Crippen LogP contribution < -0.4 is 10.6 Å². The average Bonchev–Trinajstić information content (AvgIpc) is 2.34. The number of urea groups is 1. The maximum atomic E-state index is 11.5. The first-order valence-corrected chi connectivity index (χ1v) is 7.90. The van der Waals surface area contributed by atoms with Gasteiger partial charge in [0.1, 0.15) is 9.84 Å². The van der Waals surface area contributed by atoms with Crippen molar-refractivity contribution in [1.82, 2.24) is 5.32 Å². The Hall–Kier alpha value is -2.09. The van der Waals surface area contributed by atoms with Crippen LogP contribution in [0.15, 0.2) is 24.3 Å². The van der Waals surface area contributed by atoms with Gasteiger partial charge in [-0.15, -0.1) is 0 Å². The number of sulfone groups is 1. The van der Waals surface area contributed by atoms with Gasteiger partial charge in [0.25, 0.3) is 0 Å². The van der Waals surface area contributed by atoms with Crippen molar-refractivity contribution < 1.29 is 23.1 Å². The number of hydrogen-bond acceptors (Lipinski definition) is 4. The number of carboxylic acid groups (broad SMARTS) is 1. The van der Waals surface area contributed by atoms with Gasteiger partial charge in [-0.3, -0.25) is 0 Å². The zero-order chi connectivity index (χ0) is 15.2. The van der Waals surface area contributed by atoms with Crippen molar-refractivity contribution in [3.8, 4) is 0 Å². The van der Waals surface area contributed by atoms with Crippen molar-refractivity contribution in [3.63, 3.8) is 0 Å². The molecule has 1 rings (SSSR count). The Morgan fingerprint density at radius 2 is 2.00 bits per heavy atom. The summed E-state index contributed by atoms with van der Waals surface area (Å²) in [5.41, 5.74) is 0.422. The highest BCUT2D eigenvalue weighted by Gasteiger charge is 2.06. The first-order valence-electron chi connectivity index (χ1n) is 5.84. The monoisotopic (exact) mass is 300 g/mol. The molecule has 1 aromatic rings. The van der Waals surface area contributed by atoms with Crippen LogP contribution >= 0.6 is 0 Å². The summed E-state index contributed by atoms with van der Waals surface area (Å²) >= 11 is 0. The van der Waals surface area contributed by atoms with Crippen molar-refractivity contribution in [1.29, 1.82) is 0 Å². The Labute approximate surface area is 116 Å². The zero-order valence-corrected chi connectivity index (χ0v) is 11.7. The molecule has 0 aliphatic rings. The van der Waals surface area contributed by atoms with E-state index < -0.39 is 21.8 Å². The second-order valence-electron chi connectivity index (χ2n) is 4.25. The van der Waals surface area contributed by atoms with Crippen molar-refractivity contribution in [2.24, 2.45) is 0 Å². The van der Waals surface area contributed by atoms with E-state index in [0.29, 0.717) is 12.1 Å². The summed E-state index contributed by atoms with van der Waals surface area (Å²) in [5.74, 6) is -1.08. The number of carbonyl (C=O) groups is 2. The average molecular weight is 300 g/mol. The van der Waals surface area contributed by atoms with E-state index >= 15 is 0 Å². The van der Waals surface area contributed by atoms with Crippen LogP contribution in [0.5, 0.6) is 0 Å². The number of aromatic carboxylic acids is 1. The number of anilines is 1. The molecule has 0 bridgehead atoms. The second kappa shape index (κ2) is 6.90. The van der Waals surface area contributed by atoms with E-state index in [1.807, 2.05) is 0 Å². The van der Waals surface area contributed by atoms with Gasteiger partial charge in [0.2, 0.25) is 0 Å². The fraction of sp³-hybridized carbons (Fsp3) is 0.333. The van der Waals surface area contributed by atoms with Crippen LogP contribution in [-0.4, -0.2) is 44.1 Å². The minimum absolute atomic E-state index is 0.00177. The van der Waals surface area contributed by atoms with Gasteiger partial charge in [-0.1, -0.05) is 6.07 Å². The van der Waals surface area contributed by atoms with E-state index in [-0.39, 0.29) is 17.9 Å². The van der Waals surface area contributed by atoms with Crippen LogP contribution in [0.1, 0.15) is 16.8 Å². The third-order valence-corrected chi connectivity index (χ3v) is 3.38. The molecular weight excluding hydrogens is 284 g/mol. The second-order valence-corrected chi connectivity index (χ2v) is 6.51. The molecule has 8 heteroatoms. The standard InChI is InChI=1S/C12H16N2O5S/c1-20(18,19)7-3-6-13-12(17)14-10-5-2-4-9(8-10)11(15)16/h2,4-5,8H,3,6-7H2,1H3,(H,15,16)(H2,13,14,17). The highest BCUT2D eigenvalue weighted by atomic mass is 32.2. The fourth-order valence-electron chi connectivity index (χ4n) is 1.44. The first-order chi connectivity index (χ1) is 9.28. The van der Waals surface area contributed by atoms with Gasteiger partial charge in [-0.2, -0.15) is 0 Å². The van der Waals surface area contributed by atoms with E-state index in [0.717, 1.165) is 6.26 Å². The predicted molar refractivity (Wildman–Crippen MR) is 74.8 cm³/mol. The van der Waals surface area contributed by atoms with E-state index in [1.54, 1.807) is 6.07 Å². The van der Waals surface area contributed by atoms with Crippen molar-refractivity contribution in [3.05, 3.63) is 29.8 Å². The normalized spacial score (nSPS) is 10.8. The molecule has 3 N–H and O–H groups in total. The Morgan fingerprint density at radius 1 is 1.30 bits per heavy atom. The third kappa shape index (κ3) is 6.19. The van der Waals surface area contributed by atoms with Crippen LogP contribution in [0, 0.1) is 0 Å². The van der Waals surface area contributed by atoms with E-state index in [4.69, 9.17) is 5.11 Å². The topological polar surface area (TPSA) is 113 Å². The maximum absolute atomic E-state index is 11.5. The van der Waals surface area contributed by atoms with E-state index in [2.05, 4.69) is 10.6 Å². The lowest BCUT2D eigenvalue weighted by Gasteiger charge is -2.07. The molecule has 1 aromatic carbocycles. The maximum Gasteiger partial charge on any atom is 0.335 e. The number of rotatable bonds is 6. The number of nitrogens with one attached hydrogen (secondary N) is 2. The molecule has 0 unspecified atom stereocenters. The first kappa shape index (κ1) is 16.0. The summed E-state index contributed by atoms with van der Waals surface area (Å²) in [4.78, 5) is 22.3. The summed E-state index contributed by atoms with van der Waals surface area (Å²) in [5, 5.41) is 13.8. The largest absolute Gasteiger partial charge is 0.478 e. The molecule has 0 radical (unpaired) electrons. The van der Waals surface area contributed by atoms with Crippen LogP contribution in [-0.2, 0) is 9.84 Å². The molecule has 7 nitrogen and oxygen atoms in total. The summed E-state index contributed by atoms with van der Waals surface area (Å²) in [6.07, 6.45) is 1.45. The number of carbonyl (C=O) groups excluding carboxylic acids is 1. The van der Waals surface area contributed by atoms with E-state index in [9.17, 15) is 18.0 Å². The van der Waals surface area contributed by atoms with Crippen LogP contribution in [0.3, 0.4) is 0 Å². The molecule has 0 atom stereocenters. The van der Waals surface area contributed by atoms with Crippen LogP contribution in [0.4, 0.5) is 10.5 Å². The number of benzene rings is 1. The summed E-state index contributed by atoms with van der Waals surface area (Å²) in [6.45, 7) is 0.220. The van der Waals surface area contributed by atoms with Gasteiger partial charge in [-0.25, -0.2) is 18.0 Å². The van der Waals surface area contributed by atoms with Crippen molar-refractivity contribution in [2.45, 2.75) is 6.42 Å². The van der Waals surface area contributed by atoms with E-state index in [1.165, 1.54) is 18.2 Å². The molecular formula is C12H16N2O5S. The smallest absolute Gasteiger partial charge is 0.335 e. The number of amides is 2. The Bertz CT molecular complexity index is 598. The van der Waals surface area contributed by atoms with Gasteiger partial charge in [0.05, 0.1) is 11.3 Å². The molecule has 0 saturated carbocycles. The summed E-state index contributed by atoms with van der Waals surface area (Å²) < 4.78 is 21.8. The SMILES string of the molecule is CS(=O)(=O)CCCNC(=O)Nc1cccc(C(=O)O)c1. The summed E-state index contributed by atoms with van der Waals surface area (Å²) in [6, 6.07) is 5.31. The lowest BCUT2D eigenvalue weighted by atomic mass is 10.2. The van der Waals surface area contributed by atoms with Crippen LogP contribution in [0.25, 0.3) is 0 Å². The Balaban J connectivity index is 2.43. The molecule has 0 spiro atoms. The third-order valence-electron chi connectivity index (χ3n) is 2.34. The fourth-order valence-corrected chi connectivity index (χ4v) is 2.11. The quantitative estimate of drug-likeness (QED) is 0.677. The molecule has 0 heterocycles. The van der Waals surface area contributed by atoms with Gasteiger partial charge in [0.15, 0.2) is 0 Å². The molecule has 0 aromatic heterocycles. The predicted octanol–water partition coefficient (Wildman–Crippen LogP) is 0.941. The number of carboxylic acids is 1. The molecule has 0 saturated heterocycles. The Kier molecular flexibility index (Phi) is 5.51. The number of hydrogen-bond donors (Lipinski definition) is 3. The highest BCUT2D eigenvalue weighted by Crippen LogP contribution is 2.10. The molecule has 0 aliphatic heterocycles. The molecule has 2 amide bonds. The zero-order valence-electron chi connectivity index (χ0n) is 10.9. The van der Waals surface area contributed by atoms with Gasteiger partial charge in [-0.05, 0) is 24.6 Å². The lowest BCUT2D eigenvalue weighted by molar-refractivity contribution is 0.0697. The minimum atomic E-state index is -3.03. The summed E-state index contributed by atoms with van der Waals surface area (Å²) in [7, 11) is -3.03. The van der Waals surface area contributed by atoms with Gasteiger partial charge in [0, 0.05) is 18.5 Å². The molecule has 110 valence electrons. The van der Waals surface area contributed by atoms with Gasteiger partial charge >= 0.3 is 12.0 Å². The molecule has 20 heavy (non-hydrogen) atoms. The van der Waals surface area contributed by atoms with Crippen molar-refractivity contribution >= 4 is 27.5 Å². The molecule has 0 fully saturated rings. The Morgan fingerprint density at radius 3 is 2.60 bits per heavy atom. The van der Waals surface area contributed by atoms with Crippen molar-refractivity contribution in [2.75, 3.05) is 23.9 Å². The lowest BCUT2D eigenvalue weighted by Crippen LogP contribution is -2.30. The minimum Gasteiger partial charge on any atom is -0.478 e. The van der Waals surface area contributed by atoms with Crippen LogP contribution in [0.2, 0.25) is 0 Å². The molecule has 0 aliphatic carbocycles. The highest BCUT2D eigenvalue weighted by molar-refractivity contribution is 7.90.